The molecule has 5 heteroatoms. The molecule has 1 aliphatic heterocycles. The lowest BCUT2D eigenvalue weighted by atomic mass is 9.88. The number of carbonyl (C=O) groups is 2. The number of aliphatic carboxylic acids is 1. The highest BCUT2D eigenvalue weighted by Gasteiger charge is 2.41. The highest BCUT2D eigenvalue weighted by atomic mass is 16.6. The molecule has 2 atom stereocenters. The average Bonchev–Trinajstić information content (AvgIpc) is 3.23. The van der Waals surface area contributed by atoms with E-state index in [-0.39, 0.29) is 12.5 Å². The average molecular weight is 331 g/mol. The Morgan fingerprint density at radius 1 is 1.08 bits per heavy atom. The second-order valence-electron chi connectivity index (χ2n) is 7.88. The molecule has 1 N–H and O–H groups in total. The maximum atomic E-state index is 12.3. The van der Waals surface area contributed by atoms with E-state index in [4.69, 9.17) is 4.74 Å². The fraction of sp³-hybridized carbons (Fsp3) is 0.579. The molecule has 1 aliphatic carbocycles. The Balaban J connectivity index is 1.75. The summed E-state index contributed by atoms with van der Waals surface area (Å²) in [6, 6.07) is 8.24. The van der Waals surface area contributed by atoms with Crippen molar-refractivity contribution in [2.45, 2.75) is 51.0 Å². The van der Waals surface area contributed by atoms with Crippen molar-refractivity contribution >= 4 is 12.1 Å². The van der Waals surface area contributed by atoms with Crippen LogP contribution in [0.5, 0.6) is 0 Å². The predicted molar refractivity (Wildman–Crippen MR) is 90.1 cm³/mol. The highest BCUT2D eigenvalue weighted by Crippen LogP contribution is 2.41. The minimum atomic E-state index is -0.864. The molecule has 5 nitrogen and oxygen atoms in total. The first-order chi connectivity index (χ1) is 11.2. The van der Waals surface area contributed by atoms with Gasteiger partial charge in [-0.1, -0.05) is 24.3 Å². The third-order valence-electron chi connectivity index (χ3n) is 4.70. The zero-order valence-corrected chi connectivity index (χ0v) is 14.5. The van der Waals surface area contributed by atoms with Crippen LogP contribution in [0, 0.1) is 5.92 Å². The zero-order valence-electron chi connectivity index (χ0n) is 14.5. The number of hydrogen-bond donors (Lipinski definition) is 1. The minimum absolute atomic E-state index is 0.191. The molecule has 2 aliphatic rings. The molecule has 2 fully saturated rings. The van der Waals surface area contributed by atoms with Crippen molar-refractivity contribution in [2.75, 3.05) is 13.1 Å². The van der Waals surface area contributed by atoms with Gasteiger partial charge in [-0.2, -0.15) is 0 Å². The predicted octanol–water partition coefficient (Wildman–Crippen LogP) is 3.60. The van der Waals surface area contributed by atoms with E-state index in [0.29, 0.717) is 12.5 Å². The number of nitrogens with zero attached hydrogens (tertiary/aromatic N) is 1. The second kappa shape index (κ2) is 6.11. The number of carbonyl (C=O) groups excluding carboxylic acids is 1. The van der Waals surface area contributed by atoms with Gasteiger partial charge in [0.15, 0.2) is 0 Å². The Kier molecular flexibility index (Phi) is 4.28. The molecule has 1 saturated carbocycles. The summed E-state index contributed by atoms with van der Waals surface area (Å²) in [5.74, 6) is -0.971. The fourth-order valence-electron chi connectivity index (χ4n) is 3.30. The standard InChI is InChI=1S/C19H25NO4/c1-19(2,3)24-18(23)20-10-15(16(11-20)17(21)22)14-8-6-13(7-9-14)12-4-5-12/h6-9,12,15-16H,4-5,10-11H2,1-3H3,(H,21,22)/t15-,16+/m1/s1. The summed E-state index contributed by atoms with van der Waals surface area (Å²) in [6.07, 6.45) is 2.05. The molecule has 0 aromatic heterocycles. The van der Waals surface area contributed by atoms with Gasteiger partial charge in [-0.05, 0) is 50.7 Å². The lowest BCUT2D eigenvalue weighted by Gasteiger charge is -2.24. The Morgan fingerprint density at radius 3 is 2.17 bits per heavy atom. The van der Waals surface area contributed by atoms with E-state index in [9.17, 15) is 14.7 Å². The summed E-state index contributed by atoms with van der Waals surface area (Å²) >= 11 is 0. The molecule has 1 aromatic carbocycles. The lowest BCUT2D eigenvalue weighted by Crippen LogP contribution is -2.35. The number of likely N-dealkylation sites (tertiary alicyclic amines) is 1. The molecule has 0 spiro atoms. The van der Waals surface area contributed by atoms with Crippen molar-refractivity contribution < 1.29 is 19.4 Å². The van der Waals surface area contributed by atoms with E-state index in [1.807, 2.05) is 32.9 Å². The number of amides is 1. The topological polar surface area (TPSA) is 66.8 Å². The second-order valence-corrected chi connectivity index (χ2v) is 7.88. The van der Waals surface area contributed by atoms with E-state index in [0.717, 1.165) is 5.56 Å². The largest absolute Gasteiger partial charge is 0.481 e. The van der Waals surface area contributed by atoms with Crippen LogP contribution in [0.3, 0.4) is 0 Å². The Morgan fingerprint density at radius 2 is 1.67 bits per heavy atom. The number of ether oxygens (including phenoxy) is 1. The molecule has 130 valence electrons. The van der Waals surface area contributed by atoms with Crippen molar-refractivity contribution in [2.24, 2.45) is 5.92 Å². The van der Waals surface area contributed by atoms with Gasteiger partial charge in [0, 0.05) is 19.0 Å². The molecule has 1 saturated heterocycles. The first-order valence-electron chi connectivity index (χ1n) is 8.55. The van der Waals surface area contributed by atoms with Crippen molar-refractivity contribution in [1.29, 1.82) is 0 Å². The van der Waals surface area contributed by atoms with E-state index in [1.54, 1.807) is 0 Å². The minimum Gasteiger partial charge on any atom is -0.481 e. The van der Waals surface area contributed by atoms with Crippen molar-refractivity contribution in [3.63, 3.8) is 0 Å². The van der Waals surface area contributed by atoms with E-state index < -0.39 is 23.6 Å². The molecule has 1 amide bonds. The summed E-state index contributed by atoms with van der Waals surface area (Å²) in [6.45, 7) is 6.01. The maximum absolute atomic E-state index is 12.3. The zero-order chi connectivity index (χ0) is 17.5. The van der Waals surface area contributed by atoms with E-state index in [2.05, 4.69) is 12.1 Å². The van der Waals surface area contributed by atoms with Crippen molar-refractivity contribution in [3.8, 4) is 0 Å². The summed E-state index contributed by atoms with van der Waals surface area (Å²) in [5, 5.41) is 9.55. The number of benzene rings is 1. The summed E-state index contributed by atoms with van der Waals surface area (Å²) < 4.78 is 5.39. The summed E-state index contributed by atoms with van der Waals surface area (Å²) in [4.78, 5) is 25.4. The lowest BCUT2D eigenvalue weighted by molar-refractivity contribution is -0.141. The monoisotopic (exact) mass is 331 g/mol. The number of rotatable bonds is 3. The van der Waals surface area contributed by atoms with Crippen LogP contribution in [-0.4, -0.2) is 40.8 Å². The third kappa shape index (κ3) is 3.71. The van der Waals surface area contributed by atoms with Crippen LogP contribution >= 0.6 is 0 Å². The van der Waals surface area contributed by atoms with Crippen LogP contribution in [-0.2, 0) is 9.53 Å². The summed E-state index contributed by atoms with van der Waals surface area (Å²) in [5.41, 5.74) is 1.73. The molecule has 24 heavy (non-hydrogen) atoms. The quantitative estimate of drug-likeness (QED) is 0.919. The molecular weight excluding hydrogens is 306 g/mol. The van der Waals surface area contributed by atoms with Crippen LogP contribution in [0.2, 0.25) is 0 Å². The van der Waals surface area contributed by atoms with Crippen LogP contribution in [0.15, 0.2) is 24.3 Å². The van der Waals surface area contributed by atoms with Gasteiger partial charge in [0.05, 0.1) is 5.92 Å². The molecule has 0 radical (unpaired) electrons. The molecule has 0 bridgehead atoms. The first-order valence-corrected chi connectivity index (χ1v) is 8.55. The highest BCUT2D eigenvalue weighted by molar-refractivity contribution is 5.76. The fourth-order valence-corrected chi connectivity index (χ4v) is 3.30. The molecule has 3 rings (SSSR count). The van der Waals surface area contributed by atoms with Gasteiger partial charge < -0.3 is 14.7 Å². The first kappa shape index (κ1) is 16.8. The van der Waals surface area contributed by atoms with Gasteiger partial charge in [-0.15, -0.1) is 0 Å². The molecule has 0 unspecified atom stereocenters. The van der Waals surface area contributed by atoms with Gasteiger partial charge >= 0.3 is 12.1 Å². The van der Waals surface area contributed by atoms with Gasteiger partial charge in [0.2, 0.25) is 0 Å². The van der Waals surface area contributed by atoms with Crippen LogP contribution in [0.4, 0.5) is 4.79 Å². The molecule has 1 aromatic rings. The van der Waals surface area contributed by atoms with Gasteiger partial charge in [0.1, 0.15) is 5.60 Å². The smallest absolute Gasteiger partial charge is 0.410 e. The Bertz CT molecular complexity index is 628. The Hall–Kier alpha value is -2.04. The number of hydrogen-bond acceptors (Lipinski definition) is 3. The Labute approximate surface area is 142 Å². The third-order valence-corrected chi connectivity index (χ3v) is 4.70. The number of carboxylic acids is 1. The number of carboxylic acid groups (broad SMARTS) is 1. The van der Waals surface area contributed by atoms with Gasteiger partial charge in [0.25, 0.3) is 0 Å². The van der Waals surface area contributed by atoms with Crippen LogP contribution in [0.25, 0.3) is 0 Å². The van der Waals surface area contributed by atoms with E-state index >= 15 is 0 Å². The molecule has 1 heterocycles. The molecular formula is C19H25NO4. The normalized spacial score (nSPS) is 24.0. The maximum Gasteiger partial charge on any atom is 0.410 e. The van der Waals surface area contributed by atoms with E-state index in [1.165, 1.54) is 23.3 Å². The van der Waals surface area contributed by atoms with Crippen molar-refractivity contribution in [3.05, 3.63) is 35.4 Å². The van der Waals surface area contributed by atoms with Gasteiger partial charge in [-0.3, -0.25) is 4.79 Å². The summed E-state index contributed by atoms with van der Waals surface area (Å²) in [7, 11) is 0. The van der Waals surface area contributed by atoms with Crippen LogP contribution in [0.1, 0.15) is 56.6 Å². The van der Waals surface area contributed by atoms with Crippen molar-refractivity contribution in [1.82, 2.24) is 4.90 Å². The van der Waals surface area contributed by atoms with Gasteiger partial charge in [-0.25, -0.2) is 4.79 Å². The SMILES string of the molecule is CC(C)(C)OC(=O)N1C[C@H](C(=O)O)[C@@H](c2ccc(C3CC3)cc2)C1. The van der Waals surface area contributed by atoms with Crippen LogP contribution < -0.4 is 0 Å².